The van der Waals surface area contributed by atoms with E-state index in [0.717, 1.165) is 22.2 Å². The van der Waals surface area contributed by atoms with E-state index in [1.807, 2.05) is 62.4 Å². The average Bonchev–Trinajstić information content (AvgIpc) is 3.40. The van der Waals surface area contributed by atoms with Crippen molar-refractivity contribution < 1.29 is 13.9 Å². The van der Waals surface area contributed by atoms with Crippen molar-refractivity contribution in [3.8, 4) is 5.69 Å². The van der Waals surface area contributed by atoms with Crippen LogP contribution in [0.2, 0.25) is 0 Å². The SMILES string of the molecule is CCOCc1c(C(=O)NC(C)c2ccc(-n3cncn3)cc2)oc2ccccc12. The van der Waals surface area contributed by atoms with Crippen LogP contribution >= 0.6 is 0 Å². The third-order valence-corrected chi connectivity index (χ3v) is 4.78. The maximum Gasteiger partial charge on any atom is 0.287 e. The lowest BCUT2D eigenvalue weighted by Gasteiger charge is -2.14. The van der Waals surface area contributed by atoms with Gasteiger partial charge in [0.05, 0.1) is 18.3 Å². The molecule has 0 spiro atoms. The Morgan fingerprint density at radius 1 is 1.21 bits per heavy atom. The van der Waals surface area contributed by atoms with Gasteiger partial charge in [-0.15, -0.1) is 0 Å². The predicted octanol–water partition coefficient (Wildman–Crippen LogP) is 4.04. The number of aromatic nitrogens is 3. The molecule has 0 aliphatic rings. The van der Waals surface area contributed by atoms with Gasteiger partial charge in [-0.25, -0.2) is 9.67 Å². The van der Waals surface area contributed by atoms with E-state index >= 15 is 0 Å². The van der Waals surface area contributed by atoms with Gasteiger partial charge in [-0.3, -0.25) is 4.79 Å². The summed E-state index contributed by atoms with van der Waals surface area (Å²) in [5.41, 5.74) is 3.33. The first-order chi connectivity index (χ1) is 14.2. The molecule has 0 aliphatic carbocycles. The van der Waals surface area contributed by atoms with Crippen LogP contribution in [-0.4, -0.2) is 27.3 Å². The van der Waals surface area contributed by atoms with Gasteiger partial charge in [0, 0.05) is 17.6 Å². The van der Waals surface area contributed by atoms with E-state index in [4.69, 9.17) is 9.15 Å². The Morgan fingerprint density at radius 2 is 2.00 bits per heavy atom. The number of furan rings is 1. The Morgan fingerprint density at radius 3 is 2.72 bits per heavy atom. The van der Waals surface area contributed by atoms with Crippen LogP contribution < -0.4 is 5.32 Å². The molecule has 0 fully saturated rings. The van der Waals surface area contributed by atoms with Crippen LogP contribution in [0, 0.1) is 0 Å². The Bertz CT molecular complexity index is 1100. The Labute approximate surface area is 168 Å². The van der Waals surface area contributed by atoms with Crippen molar-refractivity contribution in [3.05, 3.63) is 78.1 Å². The molecule has 4 rings (SSSR count). The zero-order valence-electron chi connectivity index (χ0n) is 16.3. The van der Waals surface area contributed by atoms with Crippen LogP contribution in [-0.2, 0) is 11.3 Å². The predicted molar refractivity (Wildman–Crippen MR) is 109 cm³/mol. The topological polar surface area (TPSA) is 82.2 Å². The highest BCUT2D eigenvalue weighted by atomic mass is 16.5. The number of ether oxygens (including phenoxy) is 1. The monoisotopic (exact) mass is 390 g/mol. The van der Waals surface area contributed by atoms with Gasteiger partial charge in [-0.2, -0.15) is 5.10 Å². The number of rotatable bonds is 7. The quantitative estimate of drug-likeness (QED) is 0.515. The zero-order valence-corrected chi connectivity index (χ0v) is 16.3. The Balaban J connectivity index is 1.54. The number of carbonyl (C=O) groups excluding carboxylic acids is 1. The molecule has 2 heterocycles. The molecule has 1 atom stereocenters. The maximum absolute atomic E-state index is 13.0. The highest BCUT2D eigenvalue weighted by molar-refractivity contribution is 5.99. The van der Waals surface area contributed by atoms with Crippen molar-refractivity contribution in [2.75, 3.05) is 6.61 Å². The summed E-state index contributed by atoms with van der Waals surface area (Å²) in [7, 11) is 0. The smallest absolute Gasteiger partial charge is 0.287 e. The van der Waals surface area contributed by atoms with Gasteiger partial charge in [-0.05, 0) is 37.6 Å². The molecule has 0 saturated heterocycles. The number of para-hydroxylation sites is 1. The highest BCUT2D eigenvalue weighted by Crippen LogP contribution is 2.27. The summed E-state index contributed by atoms with van der Waals surface area (Å²) in [6, 6.07) is 15.2. The molecule has 1 amide bonds. The zero-order chi connectivity index (χ0) is 20.2. The van der Waals surface area contributed by atoms with E-state index in [1.165, 1.54) is 6.33 Å². The van der Waals surface area contributed by atoms with E-state index in [1.54, 1.807) is 11.0 Å². The van der Waals surface area contributed by atoms with Crippen molar-refractivity contribution in [2.45, 2.75) is 26.5 Å². The van der Waals surface area contributed by atoms with Crippen molar-refractivity contribution >= 4 is 16.9 Å². The van der Waals surface area contributed by atoms with Crippen molar-refractivity contribution in [1.29, 1.82) is 0 Å². The molecule has 2 aromatic heterocycles. The van der Waals surface area contributed by atoms with E-state index in [2.05, 4.69) is 15.4 Å². The van der Waals surface area contributed by atoms with Gasteiger partial charge in [0.1, 0.15) is 18.2 Å². The second-order valence-corrected chi connectivity index (χ2v) is 6.67. The molecule has 2 aromatic carbocycles. The van der Waals surface area contributed by atoms with Crippen molar-refractivity contribution in [2.24, 2.45) is 0 Å². The second kappa shape index (κ2) is 8.28. The largest absolute Gasteiger partial charge is 0.451 e. The first-order valence-electron chi connectivity index (χ1n) is 9.51. The third kappa shape index (κ3) is 3.90. The first kappa shape index (κ1) is 18.9. The number of amides is 1. The van der Waals surface area contributed by atoms with Crippen LogP contribution in [0.3, 0.4) is 0 Å². The molecule has 29 heavy (non-hydrogen) atoms. The van der Waals surface area contributed by atoms with Gasteiger partial charge in [0.15, 0.2) is 5.76 Å². The molecule has 1 N–H and O–H groups in total. The molecule has 0 bridgehead atoms. The molecular formula is C22H22N4O3. The molecule has 0 radical (unpaired) electrons. The Hall–Kier alpha value is -3.45. The normalized spacial score (nSPS) is 12.2. The van der Waals surface area contributed by atoms with Gasteiger partial charge in [0.25, 0.3) is 5.91 Å². The lowest BCUT2D eigenvalue weighted by atomic mass is 10.1. The number of hydrogen-bond donors (Lipinski definition) is 1. The summed E-state index contributed by atoms with van der Waals surface area (Å²) >= 11 is 0. The minimum atomic E-state index is -0.260. The number of nitrogens with one attached hydrogen (secondary N) is 1. The van der Waals surface area contributed by atoms with Gasteiger partial charge >= 0.3 is 0 Å². The summed E-state index contributed by atoms with van der Waals surface area (Å²) in [6.45, 7) is 4.76. The minimum absolute atomic E-state index is 0.194. The molecule has 0 aliphatic heterocycles. The van der Waals surface area contributed by atoms with Crippen LogP contribution in [0.5, 0.6) is 0 Å². The lowest BCUT2D eigenvalue weighted by Crippen LogP contribution is -2.27. The minimum Gasteiger partial charge on any atom is -0.451 e. The van der Waals surface area contributed by atoms with E-state index in [0.29, 0.717) is 24.6 Å². The van der Waals surface area contributed by atoms with Crippen molar-refractivity contribution in [1.82, 2.24) is 20.1 Å². The first-order valence-corrected chi connectivity index (χ1v) is 9.51. The molecule has 7 nitrogen and oxygen atoms in total. The summed E-state index contributed by atoms with van der Waals surface area (Å²) in [4.78, 5) is 16.9. The van der Waals surface area contributed by atoms with Gasteiger partial charge in [0.2, 0.25) is 0 Å². The summed E-state index contributed by atoms with van der Waals surface area (Å²) in [5, 5.41) is 8.04. The van der Waals surface area contributed by atoms with Crippen molar-refractivity contribution in [3.63, 3.8) is 0 Å². The van der Waals surface area contributed by atoms with Crippen LogP contribution in [0.4, 0.5) is 0 Å². The van der Waals surface area contributed by atoms with E-state index < -0.39 is 0 Å². The standard InChI is InChI=1S/C22H22N4O3/c1-3-28-12-19-18-6-4-5-7-20(18)29-21(19)22(27)25-15(2)16-8-10-17(11-9-16)26-14-23-13-24-26/h4-11,13-15H,3,12H2,1-2H3,(H,25,27). The fourth-order valence-corrected chi connectivity index (χ4v) is 3.23. The average molecular weight is 390 g/mol. The van der Waals surface area contributed by atoms with Crippen LogP contribution in [0.1, 0.15) is 41.6 Å². The summed E-state index contributed by atoms with van der Waals surface area (Å²) < 4.78 is 13.1. The lowest BCUT2D eigenvalue weighted by molar-refractivity contribution is 0.0901. The number of carbonyl (C=O) groups is 1. The van der Waals surface area contributed by atoms with Crippen LogP contribution in [0.25, 0.3) is 16.7 Å². The number of hydrogen-bond acceptors (Lipinski definition) is 5. The number of nitrogens with zero attached hydrogens (tertiary/aromatic N) is 3. The second-order valence-electron chi connectivity index (χ2n) is 6.67. The van der Waals surface area contributed by atoms with Gasteiger partial charge in [-0.1, -0.05) is 30.3 Å². The third-order valence-electron chi connectivity index (χ3n) is 4.78. The summed E-state index contributed by atoms with van der Waals surface area (Å²) in [6.07, 6.45) is 3.13. The number of fused-ring (bicyclic) bond motifs is 1. The molecule has 1 unspecified atom stereocenters. The van der Waals surface area contributed by atoms with Gasteiger partial charge < -0.3 is 14.5 Å². The number of benzene rings is 2. The summed E-state index contributed by atoms with van der Waals surface area (Å²) in [5.74, 6) is 0.0366. The van der Waals surface area contributed by atoms with Crippen LogP contribution in [0.15, 0.2) is 65.6 Å². The molecule has 0 saturated carbocycles. The Kier molecular flexibility index (Phi) is 5.39. The maximum atomic E-state index is 13.0. The fraction of sp³-hybridized carbons (Fsp3) is 0.227. The fourth-order valence-electron chi connectivity index (χ4n) is 3.23. The molecular weight excluding hydrogens is 368 g/mol. The van der Waals surface area contributed by atoms with E-state index in [9.17, 15) is 4.79 Å². The highest BCUT2D eigenvalue weighted by Gasteiger charge is 2.22. The van der Waals surface area contributed by atoms with E-state index in [-0.39, 0.29) is 11.9 Å². The molecule has 148 valence electrons. The molecule has 4 aromatic rings. The molecule has 7 heteroatoms.